The Morgan fingerprint density at radius 2 is 2.40 bits per heavy atom. The third-order valence-corrected chi connectivity index (χ3v) is 1.77. The highest BCUT2D eigenvalue weighted by atomic mass is 14.9. The maximum Gasteiger partial charge on any atom is 0.155 e. The van der Waals surface area contributed by atoms with Crippen molar-refractivity contribution >= 4 is 12.1 Å². The van der Waals surface area contributed by atoms with Crippen LogP contribution in [0, 0.1) is 5.92 Å². The molecule has 0 saturated carbocycles. The van der Waals surface area contributed by atoms with Crippen LogP contribution in [0.4, 0.5) is 0 Å². The summed E-state index contributed by atoms with van der Waals surface area (Å²) in [6, 6.07) is 0. The van der Waals surface area contributed by atoms with Gasteiger partial charge in [-0.2, -0.15) is 0 Å². The van der Waals surface area contributed by atoms with Crippen molar-refractivity contribution in [1.82, 2.24) is 0 Å². The Kier molecular flexibility index (Phi) is 1.07. The van der Waals surface area contributed by atoms with Gasteiger partial charge in [-0.15, -0.1) is 0 Å². The smallest absolute Gasteiger partial charge is 0.155 e. The number of allylic oxidation sites excluding steroid dienone is 2. The van der Waals surface area contributed by atoms with Crippen LogP contribution in [-0.2, 0) is 0 Å². The fraction of sp³-hybridized carbons (Fsp3) is 0.250. The predicted molar refractivity (Wildman–Crippen MR) is 42.3 cm³/mol. The van der Waals surface area contributed by atoms with Gasteiger partial charge in [0.25, 0.3) is 0 Å². The summed E-state index contributed by atoms with van der Waals surface area (Å²) in [5, 5.41) is 0. The molecule has 0 saturated heterocycles. The zero-order chi connectivity index (χ0) is 6.97. The van der Waals surface area contributed by atoms with Crippen LogP contribution in [0.3, 0.4) is 0 Å². The van der Waals surface area contributed by atoms with Gasteiger partial charge in [0.15, 0.2) is 5.84 Å². The fourth-order valence-electron chi connectivity index (χ4n) is 1.15. The predicted octanol–water partition coefficient (Wildman–Crippen LogP) is 1.56. The molecule has 0 aromatic carbocycles. The second-order valence-electron chi connectivity index (χ2n) is 2.48. The van der Waals surface area contributed by atoms with Gasteiger partial charge in [0.2, 0.25) is 0 Å². The number of hydrogen-bond donors (Lipinski definition) is 0. The quantitative estimate of drug-likeness (QED) is 0.478. The molecular formula is C8H8N2. The third kappa shape index (κ3) is 0.652. The molecule has 0 radical (unpaired) electrons. The number of amidine groups is 1. The molecule has 50 valence electrons. The molecule has 0 N–H and O–H groups in total. The number of nitrogens with zero attached hydrogens (tertiary/aromatic N) is 2. The first-order chi connectivity index (χ1) is 4.88. The van der Waals surface area contributed by atoms with E-state index in [0.29, 0.717) is 5.92 Å². The van der Waals surface area contributed by atoms with E-state index in [1.54, 1.807) is 6.21 Å². The maximum absolute atomic E-state index is 4.11. The van der Waals surface area contributed by atoms with Gasteiger partial charge in [0.05, 0.1) is 0 Å². The SMILES string of the molecule is C[C@@H]1C=CN=C2N=CC=C21. The molecule has 0 bridgehead atoms. The van der Waals surface area contributed by atoms with Crippen LogP contribution in [0.25, 0.3) is 0 Å². The van der Waals surface area contributed by atoms with E-state index in [1.165, 1.54) is 5.57 Å². The van der Waals surface area contributed by atoms with Gasteiger partial charge in [0, 0.05) is 23.9 Å². The van der Waals surface area contributed by atoms with Gasteiger partial charge >= 0.3 is 0 Å². The highest BCUT2D eigenvalue weighted by Crippen LogP contribution is 2.21. The molecule has 2 heteroatoms. The first-order valence-electron chi connectivity index (χ1n) is 3.37. The summed E-state index contributed by atoms with van der Waals surface area (Å²) in [5.41, 5.74) is 1.24. The highest BCUT2D eigenvalue weighted by Gasteiger charge is 2.16. The second kappa shape index (κ2) is 1.90. The molecule has 1 atom stereocenters. The minimum absolute atomic E-state index is 0.481. The van der Waals surface area contributed by atoms with Gasteiger partial charge in [-0.1, -0.05) is 13.0 Å². The number of fused-ring (bicyclic) bond motifs is 1. The molecule has 0 aromatic rings. The Balaban J connectivity index is 2.45. The average molecular weight is 132 g/mol. The van der Waals surface area contributed by atoms with E-state index in [9.17, 15) is 0 Å². The normalized spacial score (nSPS) is 27.9. The summed E-state index contributed by atoms with van der Waals surface area (Å²) in [5.74, 6) is 1.37. The third-order valence-electron chi connectivity index (χ3n) is 1.77. The minimum atomic E-state index is 0.481. The van der Waals surface area contributed by atoms with Gasteiger partial charge in [-0.05, 0) is 6.08 Å². The van der Waals surface area contributed by atoms with Crippen molar-refractivity contribution < 1.29 is 0 Å². The first kappa shape index (κ1) is 5.59. The number of aliphatic imine (C=N–C) groups is 2. The Morgan fingerprint density at radius 3 is 3.20 bits per heavy atom. The van der Waals surface area contributed by atoms with Gasteiger partial charge in [-0.3, -0.25) is 0 Å². The number of rotatable bonds is 0. The molecule has 2 aliphatic rings. The van der Waals surface area contributed by atoms with E-state index < -0.39 is 0 Å². The molecule has 0 amide bonds. The van der Waals surface area contributed by atoms with Crippen LogP contribution in [0.1, 0.15) is 6.92 Å². The van der Waals surface area contributed by atoms with Crippen molar-refractivity contribution in [3.8, 4) is 0 Å². The van der Waals surface area contributed by atoms with Crippen molar-refractivity contribution in [2.24, 2.45) is 15.9 Å². The van der Waals surface area contributed by atoms with Crippen molar-refractivity contribution in [1.29, 1.82) is 0 Å². The fourth-order valence-corrected chi connectivity index (χ4v) is 1.15. The molecular weight excluding hydrogens is 124 g/mol. The first-order valence-corrected chi connectivity index (χ1v) is 3.37. The maximum atomic E-state index is 4.11. The molecule has 2 rings (SSSR count). The summed E-state index contributed by atoms with van der Waals surface area (Å²) in [6.07, 6.45) is 7.72. The van der Waals surface area contributed by atoms with Crippen molar-refractivity contribution in [3.05, 3.63) is 23.9 Å². The van der Waals surface area contributed by atoms with Crippen LogP contribution >= 0.6 is 0 Å². The Bertz CT molecular complexity index is 269. The van der Waals surface area contributed by atoms with E-state index in [-0.39, 0.29) is 0 Å². The standard InChI is InChI=1S/C8H8N2/c1-6-2-4-9-8-7(6)3-5-10-8/h2-6H,1H3/t6-/m1/s1. The van der Waals surface area contributed by atoms with Crippen molar-refractivity contribution in [3.63, 3.8) is 0 Å². The average Bonchev–Trinajstić information content (AvgIpc) is 2.36. The summed E-state index contributed by atoms with van der Waals surface area (Å²) >= 11 is 0. The van der Waals surface area contributed by atoms with Crippen molar-refractivity contribution in [2.45, 2.75) is 6.92 Å². The monoisotopic (exact) mass is 132 g/mol. The Morgan fingerprint density at radius 1 is 1.50 bits per heavy atom. The Labute approximate surface area is 59.7 Å². The van der Waals surface area contributed by atoms with Crippen LogP contribution in [0.5, 0.6) is 0 Å². The zero-order valence-electron chi connectivity index (χ0n) is 5.78. The Hall–Kier alpha value is -1.18. The lowest BCUT2D eigenvalue weighted by Crippen LogP contribution is -2.06. The van der Waals surface area contributed by atoms with Crippen LogP contribution < -0.4 is 0 Å². The molecule has 0 fully saturated rings. The van der Waals surface area contributed by atoms with E-state index in [0.717, 1.165) is 5.84 Å². The molecule has 2 nitrogen and oxygen atoms in total. The highest BCUT2D eigenvalue weighted by molar-refractivity contribution is 6.12. The molecule has 2 heterocycles. The molecule has 10 heavy (non-hydrogen) atoms. The summed E-state index contributed by atoms with van der Waals surface area (Å²) < 4.78 is 0. The molecule has 0 spiro atoms. The second-order valence-corrected chi connectivity index (χ2v) is 2.48. The van der Waals surface area contributed by atoms with Crippen LogP contribution in [-0.4, -0.2) is 12.1 Å². The molecule has 0 unspecified atom stereocenters. The van der Waals surface area contributed by atoms with Gasteiger partial charge < -0.3 is 0 Å². The van der Waals surface area contributed by atoms with Gasteiger partial charge in [-0.25, -0.2) is 9.98 Å². The minimum Gasteiger partial charge on any atom is -0.237 e. The lowest BCUT2D eigenvalue weighted by molar-refractivity contribution is 0.891. The zero-order valence-corrected chi connectivity index (χ0v) is 5.78. The molecule has 0 aliphatic carbocycles. The number of hydrogen-bond acceptors (Lipinski definition) is 2. The van der Waals surface area contributed by atoms with Gasteiger partial charge in [0.1, 0.15) is 0 Å². The lowest BCUT2D eigenvalue weighted by Gasteiger charge is -2.10. The van der Waals surface area contributed by atoms with E-state index in [1.807, 2.05) is 12.3 Å². The van der Waals surface area contributed by atoms with E-state index in [4.69, 9.17) is 0 Å². The lowest BCUT2D eigenvalue weighted by atomic mass is 9.99. The molecule has 0 aromatic heterocycles. The largest absolute Gasteiger partial charge is 0.237 e. The summed E-state index contributed by atoms with van der Waals surface area (Å²) in [7, 11) is 0. The topological polar surface area (TPSA) is 24.7 Å². The summed E-state index contributed by atoms with van der Waals surface area (Å²) in [6.45, 7) is 2.14. The van der Waals surface area contributed by atoms with Crippen LogP contribution in [0.2, 0.25) is 0 Å². The van der Waals surface area contributed by atoms with E-state index >= 15 is 0 Å². The molecule has 2 aliphatic heterocycles. The van der Waals surface area contributed by atoms with E-state index in [2.05, 4.69) is 23.0 Å². The van der Waals surface area contributed by atoms with Crippen molar-refractivity contribution in [2.75, 3.05) is 0 Å². The summed E-state index contributed by atoms with van der Waals surface area (Å²) in [4.78, 5) is 8.20. The van der Waals surface area contributed by atoms with Crippen LogP contribution in [0.15, 0.2) is 33.9 Å².